The first-order chi connectivity index (χ1) is 13.4. The molecule has 3 rings (SSSR count). The fraction of sp³-hybridized carbons (Fsp3) is 0.318. The van der Waals surface area contributed by atoms with Crippen LogP contribution >= 0.6 is 0 Å². The van der Waals surface area contributed by atoms with Gasteiger partial charge in [0.2, 0.25) is 5.91 Å². The van der Waals surface area contributed by atoms with E-state index in [1.165, 1.54) is 14.0 Å². The van der Waals surface area contributed by atoms with Crippen molar-refractivity contribution in [3.63, 3.8) is 0 Å². The number of methoxy groups -OCH3 is 1. The Morgan fingerprint density at radius 1 is 1.14 bits per heavy atom. The molecule has 2 amide bonds. The van der Waals surface area contributed by atoms with Gasteiger partial charge in [0.15, 0.2) is 0 Å². The lowest BCUT2D eigenvalue weighted by atomic mass is 10.0. The summed E-state index contributed by atoms with van der Waals surface area (Å²) in [5.74, 6) is -0.663. The summed E-state index contributed by atoms with van der Waals surface area (Å²) < 4.78 is 4.78. The summed E-state index contributed by atoms with van der Waals surface area (Å²) in [5.41, 5.74) is 4.27. The number of carbonyl (C=O) groups is 3. The van der Waals surface area contributed by atoms with Crippen LogP contribution in [0.1, 0.15) is 46.4 Å². The van der Waals surface area contributed by atoms with Gasteiger partial charge in [-0.15, -0.1) is 0 Å². The van der Waals surface area contributed by atoms with Gasteiger partial charge in [0, 0.05) is 24.7 Å². The quantitative estimate of drug-likeness (QED) is 0.810. The summed E-state index contributed by atoms with van der Waals surface area (Å²) in [6.45, 7) is 4.14. The zero-order valence-electron chi connectivity index (χ0n) is 16.3. The maximum Gasteiger partial charge on any atom is 0.307 e. The van der Waals surface area contributed by atoms with E-state index in [-0.39, 0.29) is 18.2 Å². The molecule has 28 heavy (non-hydrogen) atoms. The van der Waals surface area contributed by atoms with Gasteiger partial charge in [0.05, 0.1) is 19.6 Å². The Kier molecular flexibility index (Phi) is 5.78. The Bertz CT molecular complexity index is 905. The van der Waals surface area contributed by atoms with E-state index in [9.17, 15) is 14.4 Å². The first-order valence-corrected chi connectivity index (χ1v) is 9.24. The molecule has 0 bridgehead atoms. The molecular weight excluding hydrogens is 356 g/mol. The standard InChI is InChI=1S/C22H24N2O4/c1-14-4-6-16(7-5-14)19(13-21(26)28-3)23-22(27)18-8-9-20-17(12-18)10-11-24(20)15(2)25/h4-9,12,19H,10-11,13H2,1-3H3,(H,23,27)/t19-/m1/s1. The zero-order chi connectivity index (χ0) is 20.3. The monoisotopic (exact) mass is 380 g/mol. The van der Waals surface area contributed by atoms with Crippen LogP contribution < -0.4 is 10.2 Å². The first-order valence-electron chi connectivity index (χ1n) is 9.24. The van der Waals surface area contributed by atoms with Crippen molar-refractivity contribution in [1.82, 2.24) is 5.32 Å². The summed E-state index contributed by atoms with van der Waals surface area (Å²) in [6.07, 6.45) is 0.772. The number of nitrogens with one attached hydrogen (secondary N) is 1. The van der Waals surface area contributed by atoms with E-state index in [0.29, 0.717) is 12.1 Å². The van der Waals surface area contributed by atoms with E-state index in [1.807, 2.05) is 37.3 Å². The molecule has 0 spiro atoms. The number of ether oxygens (including phenoxy) is 1. The molecule has 6 heteroatoms. The summed E-state index contributed by atoms with van der Waals surface area (Å²) in [7, 11) is 1.33. The van der Waals surface area contributed by atoms with Crippen molar-refractivity contribution >= 4 is 23.5 Å². The predicted octanol–water partition coefficient (Wildman–Crippen LogP) is 2.94. The van der Waals surface area contributed by atoms with Gasteiger partial charge in [-0.2, -0.15) is 0 Å². The van der Waals surface area contributed by atoms with Crippen molar-refractivity contribution in [2.24, 2.45) is 0 Å². The van der Waals surface area contributed by atoms with E-state index >= 15 is 0 Å². The lowest BCUT2D eigenvalue weighted by molar-refractivity contribution is -0.141. The number of esters is 1. The Morgan fingerprint density at radius 3 is 2.50 bits per heavy atom. The van der Waals surface area contributed by atoms with E-state index in [4.69, 9.17) is 4.74 Å². The van der Waals surface area contributed by atoms with Crippen LogP contribution in [0.5, 0.6) is 0 Å². The number of carbonyl (C=O) groups excluding carboxylic acids is 3. The second kappa shape index (κ2) is 8.25. The molecule has 2 aromatic rings. The van der Waals surface area contributed by atoms with Crippen molar-refractivity contribution in [1.29, 1.82) is 0 Å². The van der Waals surface area contributed by atoms with Gasteiger partial charge in [-0.3, -0.25) is 14.4 Å². The number of benzene rings is 2. The largest absolute Gasteiger partial charge is 0.469 e. The van der Waals surface area contributed by atoms with Crippen LogP contribution in [0.25, 0.3) is 0 Å². The summed E-state index contributed by atoms with van der Waals surface area (Å²) in [6, 6.07) is 12.5. The van der Waals surface area contributed by atoms with Gasteiger partial charge >= 0.3 is 5.97 Å². The van der Waals surface area contributed by atoms with Crippen LogP contribution in [-0.4, -0.2) is 31.4 Å². The Morgan fingerprint density at radius 2 is 1.86 bits per heavy atom. The van der Waals surface area contributed by atoms with Crippen molar-refractivity contribution < 1.29 is 19.1 Å². The number of hydrogen-bond acceptors (Lipinski definition) is 4. The molecule has 0 saturated carbocycles. The molecule has 0 fully saturated rings. The third kappa shape index (κ3) is 4.22. The topological polar surface area (TPSA) is 75.7 Å². The minimum absolute atomic E-state index is 0.00605. The third-order valence-electron chi connectivity index (χ3n) is 5.00. The summed E-state index contributed by atoms with van der Waals surface area (Å²) in [4.78, 5) is 38.1. The smallest absolute Gasteiger partial charge is 0.307 e. The van der Waals surface area contributed by atoms with Crippen LogP contribution in [0, 0.1) is 6.92 Å². The maximum absolute atomic E-state index is 12.8. The van der Waals surface area contributed by atoms with Gasteiger partial charge in [-0.05, 0) is 42.7 Å². The number of hydrogen-bond donors (Lipinski definition) is 1. The van der Waals surface area contributed by atoms with E-state index < -0.39 is 12.0 Å². The minimum atomic E-state index is -0.484. The third-order valence-corrected chi connectivity index (χ3v) is 5.00. The second-order valence-corrected chi connectivity index (χ2v) is 6.98. The second-order valence-electron chi connectivity index (χ2n) is 6.98. The molecule has 1 aliphatic rings. The molecule has 146 valence electrons. The molecule has 1 heterocycles. The minimum Gasteiger partial charge on any atom is -0.469 e. The van der Waals surface area contributed by atoms with Gasteiger partial charge < -0.3 is 15.0 Å². The predicted molar refractivity (Wildman–Crippen MR) is 106 cm³/mol. The van der Waals surface area contributed by atoms with Gasteiger partial charge in [-0.25, -0.2) is 0 Å². The van der Waals surface area contributed by atoms with Crippen LogP contribution in [0.2, 0.25) is 0 Å². The summed E-state index contributed by atoms with van der Waals surface area (Å²) in [5, 5.41) is 2.94. The van der Waals surface area contributed by atoms with E-state index in [2.05, 4.69) is 5.32 Å². The first kappa shape index (κ1) is 19.6. The molecule has 6 nitrogen and oxygen atoms in total. The SMILES string of the molecule is COC(=O)C[C@@H](NC(=O)c1ccc2c(c1)CCN2C(C)=O)c1ccc(C)cc1. The highest BCUT2D eigenvalue weighted by Crippen LogP contribution is 2.29. The van der Waals surface area contributed by atoms with E-state index in [1.54, 1.807) is 17.0 Å². The number of anilines is 1. The molecule has 0 saturated heterocycles. The number of amides is 2. The van der Waals surface area contributed by atoms with Crippen LogP contribution in [-0.2, 0) is 20.7 Å². The van der Waals surface area contributed by atoms with Crippen molar-refractivity contribution in [2.75, 3.05) is 18.6 Å². The molecule has 0 radical (unpaired) electrons. The highest BCUT2D eigenvalue weighted by Gasteiger charge is 2.24. The van der Waals surface area contributed by atoms with Gasteiger partial charge in [-0.1, -0.05) is 29.8 Å². The van der Waals surface area contributed by atoms with Crippen LogP contribution in [0.4, 0.5) is 5.69 Å². The highest BCUT2D eigenvalue weighted by atomic mass is 16.5. The number of nitrogens with zero attached hydrogens (tertiary/aromatic N) is 1. The fourth-order valence-corrected chi connectivity index (χ4v) is 3.41. The molecular formula is C22H24N2O4. The normalized spacial score (nSPS) is 13.6. The lowest BCUT2D eigenvalue weighted by Gasteiger charge is -2.19. The average molecular weight is 380 g/mol. The molecule has 1 atom stereocenters. The fourth-order valence-electron chi connectivity index (χ4n) is 3.41. The van der Waals surface area contributed by atoms with Crippen molar-refractivity contribution in [3.8, 4) is 0 Å². The van der Waals surface area contributed by atoms with Crippen molar-refractivity contribution in [3.05, 3.63) is 64.7 Å². The van der Waals surface area contributed by atoms with E-state index in [0.717, 1.165) is 28.8 Å². The molecule has 1 aliphatic heterocycles. The van der Waals surface area contributed by atoms with Crippen molar-refractivity contribution in [2.45, 2.75) is 32.7 Å². The molecule has 2 aromatic carbocycles. The molecule has 0 unspecified atom stereocenters. The summed E-state index contributed by atoms with van der Waals surface area (Å²) >= 11 is 0. The number of rotatable bonds is 5. The van der Waals surface area contributed by atoms with Gasteiger partial charge in [0.1, 0.15) is 0 Å². The number of fused-ring (bicyclic) bond motifs is 1. The molecule has 1 N–H and O–H groups in total. The highest BCUT2D eigenvalue weighted by molar-refractivity contribution is 5.98. The van der Waals surface area contributed by atoms with Crippen LogP contribution in [0.15, 0.2) is 42.5 Å². The molecule has 0 aromatic heterocycles. The lowest BCUT2D eigenvalue weighted by Crippen LogP contribution is -2.30. The molecule has 0 aliphatic carbocycles. The average Bonchev–Trinajstić information content (AvgIpc) is 3.11. The Balaban J connectivity index is 1.81. The Hall–Kier alpha value is -3.15. The number of aryl methyl sites for hydroxylation is 1. The maximum atomic E-state index is 12.8. The van der Waals surface area contributed by atoms with Gasteiger partial charge in [0.25, 0.3) is 5.91 Å². The Labute approximate surface area is 164 Å². The zero-order valence-corrected chi connectivity index (χ0v) is 16.3. The van der Waals surface area contributed by atoms with Crippen LogP contribution in [0.3, 0.4) is 0 Å².